The zero-order chi connectivity index (χ0) is 15.1. The van der Waals surface area contributed by atoms with Crippen LogP contribution < -0.4 is 0 Å². The van der Waals surface area contributed by atoms with Gasteiger partial charge in [-0.1, -0.05) is 41.0 Å². The second-order valence-corrected chi connectivity index (χ2v) is 8.56. The van der Waals surface area contributed by atoms with Gasteiger partial charge in [0.1, 0.15) is 0 Å². The van der Waals surface area contributed by atoms with E-state index in [9.17, 15) is 0 Å². The fraction of sp³-hybridized carbons (Fsp3) is 0.250. The van der Waals surface area contributed by atoms with E-state index in [1.807, 2.05) is 24.4 Å². The van der Waals surface area contributed by atoms with Crippen molar-refractivity contribution in [2.75, 3.05) is 0 Å². The van der Waals surface area contributed by atoms with Gasteiger partial charge in [0, 0.05) is 6.20 Å². The summed E-state index contributed by atoms with van der Waals surface area (Å²) in [7, 11) is 0. The fourth-order valence-electron chi connectivity index (χ4n) is 2.76. The van der Waals surface area contributed by atoms with Gasteiger partial charge in [-0.25, -0.2) is 4.98 Å². The van der Waals surface area contributed by atoms with Crippen LogP contribution in [0.5, 0.6) is 0 Å². The Labute approximate surface area is 146 Å². The fourth-order valence-corrected chi connectivity index (χ4v) is 5.67. The maximum atomic E-state index is 6.09. The molecule has 0 aliphatic heterocycles. The largest absolute Gasteiger partial charge is 0.260 e. The first-order valence-electron chi connectivity index (χ1n) is 7.07. The number of fused-ring (bicyclic) bond motifs is 2. The summed E-state index contributed by atoms with van der Waals surface area (Å²) in [4.78, 5) is 9.29. The Hall–Kier alpha value is -0.810. The third kappa shape index (κ3) is 2.73. The van der Waals surface area contributed by atoms with Gasteiger partial charge in [-0.15, -0.1) is 11.3 Å². The predicted octanol–water partition coefficient (Wildman–Crippen LogP) is 6.17. The van der Waals surface area contributed by atoms with Crippen LogP contribution in [0.1, 0.15) is 29.3 Å². The molecule has 2 aromatic heterocycles. The SMILES string of the molecule is Clc1cc2nc(SC3CCCc4cccnc43)sc2cc1Cl. The number of thioether (sulfide) groups is 1. The minimum absolute atomic E-state index is 0.386. The highest BCUT2D eigenvalue weighted by molar-refractivity contribution is 8.01. The lowest BCUT2D eigenvalue weighted by molar-refractivity contribution is 0.656. The maximum absolute atomic E-state index is 6.09. The number of nitrogens with zero attached hydrogens (tertiary/aromatic N) is 2. The van der Waals surface area contributed by atoms with E-state index in [1.165, 1.54) is 17.7 Å². The van der Waals surface area contributed by atoms with Gasteiger partial charge in [0.15, 0.2) is 4.34 Å². The van der Waals surface area contributed by atoms with Gasteiger partial charge in [0.05, 0.1) is 31.2 Å². The molecule has 112 valence electrons. The van der Waals surface area contributed by atoms with Crippen LogP contribution >= 0.6 is 46.3 Å². The summed E-state index contributed by atoms with van der Waals surface area (Å²) < 4.78 is 2.13. The Bertz CT molecular complexity index is 808. The van der Waals surface area contributed by atoms with Crippen molar-refractivity contribution in [2.45, 2.75) is 28.9 Å². The maximum Gasteiger partial charge on any atom is 0.151 e. The number of halogens is 2. The minimum atomic E-state index is 0.386. The van der Waals surface area contributed by atoms with E-state index in [-0.39, 0.29) is 0 Å². The van der Waals surface area contributed by atoms with Gasteiger partial charge in [-0.3, -0.25) is 4.98 Å². The topological polar surface area (TPSA) is 25.8 Å². The van der Waals surface area contributed by atoms with E-state index in [1.54, 1.807) is 23.1 Å². The average Bonchev–Trinajstić information content (AvgIpc) is 2.89. The number of thiazole rings is 1. The Balaban J connectivity index is 1.67. The van der Waals surface area contributed by atoms with Crippen LogP contribution in [0, 0.1) is 0 Å². The minimum Gasteiger partial charge on any atom is -0.260 e. The van der Waals surface area contributed by atoms with Crippen molar-refractivity contribution < 1.29 is 0 Å². The Morgan fingerprint density at radius 1 is 1.23 bits per heavy atom. The molecule has 3 aromatic rings. The molecule has 1 unspecified atom stereocenters. The van der Waals surface area contributed by atoms with Crippen molar-refractivity contribution in [3.05, 3.63) is 51.8 Å². The van der Waals surface area contributed by atoms with Gasteiger partial charge in [-0.2, -0.15) is 0 Å². The van der Waals surface area contributed by atoms with Crippen LogP contribution in [0.15, 0.2) is 34.8 Å². The number of pyridine rings is 1. The Morgan fingerprint density at radius 2 is 2.09 bits per heavy atom. The van der Waals surface area contributed by atoms with E-state index in [0.29, 0.717) is 15.3 Å². The molecule has 2 heterocycles. The van der Waals surface area contributed by atoms with Gasteiger partial charge < -0.3 is 0 Å². The molecule has 0 radical (unpaired) electrons. The molecule has 2 nitrogen and oxygen atoms in total. The molecule has 0 N–H and O–H groups in total. The van der Waals surface area contributed by atoms with E-state index >= 15 is 0 Å². The van der Waals surface area contributed by atoms with Crippen LogP contribution in [0.4, 0.5) is 0 Å². The van der Waals surface area contributed by atoms with Gasteiger partial charge >= 0.3 is 0 Å². The summed E-state index contributed by atoms with van der Waals surface area (Å²) in [6.45, 7) is 0. The molecule has 0 saturated carbocycles. The highest BCUT2D eigenvalue weighted by atomic mass is 35.5. The smallest absolute Gasteiger partial charge is 0.151 e. The van der Waals surface area contributed by atoms with E-state index < -0.39 is 0 Å². The third-order valence-corrected chi connectivity index (χ3v) is 6.91. The van der Waals surface area contributed by atoms with E-state index in [4.69, 9.17) is 28.2 Å². The summed E-state index contributed by atoms with van der Waals surface area (Å²) in [5, 5.41) is 1.52. The molecule has 0 saturated heterocycles. The molecule has 0 fully saturated rings. The summed E-state index contributed by atoms with van der Waals surface area (Å²) in [6.07, 6.45) is 5.37. The lowest BCUT2D eigenvalue weighted by atomic mass is 9.96. The third-order valence-electron chi connectivity index (χ3n) is 3.80. The molecule has 22 heavy (non-hydrogen) atoms. The van der Waals surface area contributed by atoms with Crippen molar-refractivity contribution in [3.8, 4) is 0 Å². The summed E-state index contributed by atoms with van der Waals surface area (Å²) in [6, 6.07) is 7.95. The monoisotopic (exact) mass is 366 g/mol. The first-order chi connectivity index (χ1) is 10.7. The molecule has 0 amide bonds. The zero-order valence-corrected chi connectivity index (χ0v) is 14.7. The Kier molecular flexibility index (Phi) is 4.03. The molecule has 1 aliphatic carbocycles. The van der Waals surface area contributed by atoms with Crippen LogP contribution in [-0.2, 0) is 6.42 Å². The average molecular weight is 367 g/mol. The first kappa shape index (κ1) is 14.8. The highest BCUT2D eigenvalue weighted by Crippen LogP contribution is 2.45. The van der Waals surface area contributed by atoms with Crippen LogP contribution in [0.2, 0.25) is 10.0 Å². The van der Waals surface area contributed by atoms with Crippen molar-refractivity contribution in [2.24, 2.45) is 0 Å². The number of benzene rings is 1. The molecular weight excluding hydrogens is 355 g/mol. The predicted molar refractivity (Wildman–Crippen MR) is 95.4 cm³/mol. The molecule has 0 spiro atoms. The number of hydrogen-bond acceptors (Lipinski definition) is 4. The molecule has 1 atom stereocenters. The molecule has 1 aromatic carbocycles. The molecular formula is C16H12Cl2N2S2. The van der Waals surface area contributed by atoms with Crippen LogP contribution in [0.25, 0.3) is 10.2 Å². The zero-order valence-electron chi connectivity index (χ0n) is 11.6. The second kappa shape index (κ2) is 6.00. The Morgan fingerprint density at radius 3 is 3.00 bits per heavy atom. The number of aromatic nitrogens is 2. The van der Waals surface area contributed by atoms with Crippen molar-refractivity contribution in [1.82, 2.24) is 9.97 Å². The van der Waals surface area contributed by atoms with E-state index in [0.717, 1.165) is 27.4 Å². The number of aryl methyl sites for hydroxylation is 1. The lowest BCUT2D eigenvalue weighted by Crippen LogP contribution is -2.08. The van der Waals surface area contributed by atoms with E-state index in [2.05, 4.69) is 11.1 Å². The van der Waals surface area contributed by atoms with Crippen molar-refractivity contribution in [1.29, 1.82) is 0 Å². The van der Waals surface area contributed by atoms with Gasteiger partial charge in [0.25, 0.3) is 0 Å². The van der Waals surface area contributed by atoms with Crippen molar-refractivity contribution in [3.63, 3.8) is 0 Å². The van der Waals surface area contributed by atoms with Crippen LogP contribution in [0.3, 0.4) is 0 Å². The van der Waals surface area contributed by atoms with Crippen molar-refractivity contribution >= 4 is 56.5 Å². The van der Waals surface area contributed by atoms with Gasteiger partial charge in [-0.05, 0) is 43.0 Å². The lowest BCUT2D eigenvalue weighted by Gasteiger charge is -2.22. The number of hydrogen-bond donors (Lipinski definition) is 0. The summed E-state index contributed by atoms with van der Waals surface area (Å²) in [5.41, 5.74) is 3.51. The summed E-state index contributed by atoms with van der Waals surface area (Å²) >= 11 is 15.6. The molecule has 1 aliphatic rings. The number of rotatable bonds is 2. The van der Waals surface area contributed by atoms with Crippen LogP contribution in [-0.4, -0.2) is 9.97 Å². The second-order valence-electron chi connectivity index (χ2n) is 5.26. The normalized spacial score (nSPS) is 17.6. The standard InChI is InChI=1S/C16H12Cl2N2S2/c17-10-7-12-14(8-11(10)18)22-16(20-12)21-13-5-1-3-9-4-2-6-19-15(9)13/h2,4,6-8,13H,1,3,5H2. The highest BCUT2D eigenvalue weighted by Gasteiger charge is 2.23. The first-order valence-corrected chi connectivity index (χ1v) is 9.52. The molecule has 4 rings (SSSR count). The van der Waals surface area contributed by atoms with Gasteiger partial charge in [0.2, 0.25) is 0 Å². The molecule has 0 bridgehead atoms. The molecule has 6 heteroatoms. The summed E-state index contributed by atoms with van der Waals surface area (Å²) in [5.74, 6) is 0. The quantitative estimate of drug-likeness (QED) is 0.542.